The molecule has 1 atom stereocenters. The van der Waals surface area contributed by atoms with Gasteiger partial charge in [-0.25, -0.2) is 4.39 Å². The van der Waals surface area contributed by atoms with Crippen molar-refractivity contribution in [3.05, 3.63) is 65.9 Å². The van der Waals surface area contributed by atoms with Crippen molar-refractivity contribution >= 4 is 23.6 Å². The summed E-state index contributed by atoms with van der Waals surface area (Å²) < 4.78 is 18.9. The van der Waals surface area contributed by atoms with Crippen molar-refractivity contribution in [3.63, 3.8) is 0 Å². The number of hydrogen-bond acceptors (Lipinski definition) is 6. The highest BCUT2D eigenvalue weighted by Gasteiger charge is 2.32. The molecule has 2 amide bonds. The van der Waals surface area contributed by atoms with E-state index in [-0.39, 0.29) is 29.6 Å². The Hall–Kier alpha value is -3.20. The van der Waals surface area contributed by atoms with Crippen LogP contribution in [0.25, 0.3) is 11.3 Å². The number of hydrogen-bond donors (Lipinski definition) is 0. The van der Waals surface area contributed by atoms with Crippen LogP contribution in [0, 0.1) is 11.7 Å². The number of carbonyl (C=O) groups excluding carboxylic acids is 2. The lowest BCUT2D eigenvalue weighted by Crippen LogP contribution is -2.56. The molecule has 0 saturated carbocycles. The quantitative estimate of drug-likeness (QED) is 0.482. The van der Waals surface area contributed by atoms with E-state index in [4.69, 9.17) is 4.42 Å². The Labute approximate surface area is 202 Å². The summed E-state index contributed by atoms with van der Waals surface area (Å²) in [5.41, 5.74) is 1.46. The van der Waals surface area contributed by atoms with Gasteiger partial charge in [0.25, 0.3) is 5.91 Å². The standard InChI is InChI=1S/C25H27FN4O3S/c1-16(2)24(31)30-13-12-29(14-17(30)3)25(32)22-10-8-20(33-22)15-34-23-11-9-21(27-28-23)18-4-6-19(26)7-5-18/h4-11,16-17H,12-15H2,1-3H3/t17-/m0/s1. The third-order valence-corrected chi connectivity index (χ3v) is 6.65. The summed E-state index contributed by atoms with van der Waals surface area (Å²) >= 11 is 1.45. The zero-order valence-electron chi connectivity index (χ0n) is 19.4. The Morgan fingerprint density at radius 1 is 1.09 bits per heavy atom. The van der Waals surface area contributed by atoms with Crippen molar-refractivity contribution in [3.8, 4) is 11.3 Å². The lowest BCUT2D eigenvalue weighted by molar-refractivity contribution is -0.138. The predicted molar refractivity (Wildman–Crippen MR) is 128 cm³/mol. The molecule has 3 aromatic rings. The van der Waals surface area contributed by atoms with E-state index in [2.05, 4.69) is 10.2 Å². The van der Waals surface area contributed by atoms with Crippen molar-refractivity contribution < 1.29 is 18.4 Å². The molecule has 0 aliphatic carbocycles. The van der Waals surface area contributed by atoms with E-state index in [1.165, 1.54) is 23.9 Å². The normalized spacial score (nSPS) is 16.2. The highest BCUT2D eigenvalue weighted by molar-refractivity contribution is 7.98. The van der Waals surface area contributed by atoms with E-state index in [0.29, 0.717) is 42.6 Å². The molecule has 1 aliphatic rings. The van der Waals surface area contributed by atoms with Crippen LogP contribution in [0.1, 0.15) is 37.1 Å². The Morgan fingerprint density at radius 3 is 2.50 bits per heavy atom. The van der Waals surface area contributed by atoms with Gasteiger partial charge in [0.15, 0.2) is 5.76 Å². The SMILES string of the molecule is CC(C)C(=O)N1CCN(C(=O)c2ccc(CSc3ccc(-c4ccc(F)cc4)nn3)o2)C[C@@H]1C. The molecule has 9 heteroatoms. The minimum atomic E-state index is -0.293. The van der Waals surface area contributed by atoms with Gasteiger partial charge in [-0.2, -0.15) is 0 Å². The summed E-state index contributed by atoms with van der Waals surface area (Å²) in [5.74, 6) is 1.07. The smallest absolute Gasteiger partial charge is 0.289 e. The second-order valence-electron chi connectivity index (χ2n) is 8.60. The zero-order chi connectivity index (χ0) is 24.2. The van der Waals surface area contributed by atoms with Crippen molar-refractivity contribution in [1.29, 1.82) is 0 Å². The number of benzene rings is 1. The molecular weight excluding hydrogens is 455 g/mol. The first-order chi connectivity index (χ1) is 16.3. The number of thioether (sulfide) groups is 1. The van der Waals surface area contributed by atoms with Crippen LogP contribution in [0.5, 0.6) is 0 Å². The van der Waals surface area contributed by atoms with Gasteiger partial charge in [0.1, 0.15) is 16.6 Å². The van der Waals surface area contributed by atoms with Crippen LogP contribution in [0.2, 0.25) is 0 Å². The van der Waals surface area contributed by atoms with Crippen LogP contribution < -0.4 is 0 Å². The molecule has 7 nitrogen and oxygen atoms in total. The number of aromatic nitrogens is 2. The maximum Gasteiger partial charge on any atom is 0.289 e. The van der Waals surface area contributed by atoms with E-state index < -0.39 is 0 Å². The van der Waals surface area contributed by atoms with Crippen LogP contribution in [-0.4, -0.2) is 57.5 Å². The fraction of sp³-hybridized carbons (Fsp3) is 0.360. The molecule has 1 aromatic carbocycles. The van der Waals surface area contributed by atoms with Gasteiger partial charge in [0, 0.05) is 37.2 Å². The lowest BCUT2D eigenvalue weighted by Gasteiger charge is -2.40. The van der Waals surface area contributed by atoms with Gasteiger partial charge < -0.3 is 14.2 Å². The van der Waals surface area contributed by atoms with Crippen LogP contribution in [0.3, 0.4) is 0 Å². The van der Waals surface area contributed by atoms with E-state index in [9.17, 15) is 14.0 Å². The van der Waals surface area contributed by atoms with Crippen LogP contribution in [0.4, 0.5) is 4.39 Å². The molecule has 1 aliphatic heterocycles. The second kappa shape index (κ2) is 10.4. The summed E-state index contributed by atoms with van der Waals surface area (Å²) in [6, 6.07) is 13.2. The van der Waals surface area contributed by atoms with Crippen LogP contribution in [0.15, 0.2) is 58.0 Å². The number of furan rings is 1. The van der Waals surface area contributed by atoms with Crippen molar-refractivity contribution in [2.24, 2.45) is 5.92 Å². The van der Waals surface area contributed by atoms with Crippen molar-refractivity contribution in [1.82, 2.24) is 20.0 Å². The first-order valence-electron chi connectivity index (χ1n) is 11.2. The zero-order valence-corrected chi connectivity index (χ0v) is 20.2. The predicted octanol–water partition coefficient (Wildman–Crippen LogP) is 4.50. The third-order valence-electron chi connectivity index (χ3n) is 5.71. The number of piperazine rings is 1. The minimum absolute atomic E-state index is 0.0333. The van der Waals surface area contributed by atoms with E-state index >= 15 is 0 Å². The Bertz CT molecular complexity index is 1150. The van der Waals surface area contributed by atoms with Gasteiger partial charge in [-0.05, 0) is 55.5 Å². The molecule has 34 heavy (non-hydrogen) atoms. The lowest BCUT2D eigenvalue weighted by atomic mass is 10.1. The average molecular weight is 483 g/mol. The number of carbonyl (C=O) groups is 2. The summed E-state index contributed by atoms with van der Waals surface area (Å²) in [5, 5.41) is 9.15. The molecule has 1 fully saturated rings. The monoisotopic (exact) mass is 482 g/mol. The summed E-state index contributed by atoms with van der Waals surface area (Å²) in [4.78, 5) is 28.8. The Morgan fingerprint density at radius 2 is 1.85 bits per heavy atom. The Kier molecular flexibility index (Phi) is 7.31. The van der Waals surface area contributed by atoms with Gasteiger partial charge in [0.05, 0.1) is 11.4 Å². The first-order valence-corrected chi connectivity index (χ1v) is 12.2. The van der Waals surface area contributed by atoms with Gasteiger partial charge in [-0.1, -0.05) is 25.6 Å². The molecule has 0 unspecified atom stereocenters. The number of amides is 2. The molecule has 4 rings (SSSR count). The maximum atomic E-state index is 13.1. The van der Waals surface area contributed by atoms with Crippen molar-refractivity contribution in [2.45, 2.75) is 37.6 Å². The molecule has 1 saturated heterocycles. The molecule has 178 valence electrons. The first kappa shape index (κ1) is 23.9. The highest BCUT2D eigenvalue weighted by Crippen LogP contribution is 2.25. The second-order valence-corrected chi connectivity index (χ2v) is 9.60. The fourth-order valence-electron chi connectivity index (χ4n) is 3.84. The topological polar surface area (TPSA) is 79.5 Å². The van der Waals surface area contributed by atoms with E-state index in [0.717, 1.165) is 10.6 Å². The molecule has 0 radical (unpaired) electrons. The van der Waals surface area contributed by atoms with Crippen LogP contribution >= 0.6 is 11.8 Å². The van der Waals surface area contributed by atoms with Gasteiger partial charge in [0.2, 0.25) is 5.91 Å². The van der Waals surface area contributed by atoms with Crippen molar-refractivity contribution in [2.75, 3.05) is 19.6 Å². The van der Waals surface area contributed by atoms with Crippen LogP contribution in [-0.2, 0) is 10.5 Å². The largest absolute Gasteiger partial charge is 0.455 e. The maximum absolute atomic E-state index is 13.1. The molecular formula is C25H27FN4O3S. The fourth-order valence-corrected chi connectivity index (χ4v) is 4.55. The molecule has 2 aromatic heterocycles. The highest BCUT2D eigenvalue weighted by atomic mass is 32.2. The number of rotatable bonds is 6. The van der Waals surface area contributed by atoms with Gasteiger partial charge >= 0.3 is 0 Å². The molecule has 0 bridgehead atoms. The third kappa shape index (κ3) is 5.47. The molecule has 0 N–H and O–H groups in total. The Balaban J connectivity index is 1.32. The summed E-state index contributed by atoms with van der Waals surface area (Å²) in [6.07, 6.45) is 0. The van der Waals surface area contributed by atoms with E-state index in [1.54, 1.807) is 29.2 Å². The van der Waals surface area contributed by atoms with Gasteiger partial charge in [-0.3, -0.25) is 9.59 Å². The summed E-state index contributed by atoms with van der Waals surface area (Å²) in [7, 11) is 0. The number of nitrogens with zero attached hydrogens (tertiary/aromatic N) is 4. The minimum Gasteiger partial charge on any atom is -0.455 e. The summed E-state index contributed by atoms with van der Waals surface area (Å²) in [6.45, 7) is 7.24. The number of halogens is 1. The molecule has 0 spiro atoms. The van der Waals surface area contributed by atoms with E-state index in [1.807, 2.05) is 37.8 Å². The van der Waals surface area contributed by atoms with Gasteiger partial charge in [-0.15, -0.1) is 10.2 Å². The average Bonchev–Trinajstić information content (AvgIpc) is 3.31. The molecule has 3 heterocycles.